The predicted octanol–water partition coefficient (Wildman–Crippen LogP) is 5.55. The molecule has 3 aromatic carbocycles. The summed E-state index contributed by atoms with van der Waals surface area (Å²) >= 11 is 3.49. The molecule has 0 N–H and O–H groups in total. The first kappa shape index (κ1) is 22.0. The Kier molecular flexibility index (Phi) is 6.23. The van der Waals surface area contributed by atoms with E-state index >= 15 is 0 Å². The van der Waals surface area contributed by atoms with Crippen molar-refractivity contribution in [3.8, 4) is 0 Å². The van der Waals surface area contributed by atoms with Crippen LogP contribution in [0.5, 0.6) is 0 Å². The third kappa shape index (κ3) is 3.75. The van der Waals surface area contributed by atoms with Crippen LogP contribution in [0.1, 0.15) is 40.5 Å². The Balaban J connectivity index is 1.73. The molecular formula is C24H22BrN3O4. The Morgan fingerprint density at radius 1 is 0.969 bits per heavy atom. The summed E-state index contributed by atoms with van der Waals surface area (Å²) in [5.41, 5.74) is 1.95. The Hall–Kier alpha value is -3.26. The molecule has 0 fully saturated rings. The molecular weight excluding hydrogens is 474 g/mol. The second-order valence-corrected chi connectivity index (χ2v) is 8.40. The van der Waals surface area contributed by atoms with E-state index in [1.54, 1.807) is 30.3 Å². The highest BCUT2D eigenvalue weighted by Crippen LogP contribution is 2.37. The number of hydrogen-bond donors (Lipinski definition) is 0. The van der Waals surface area contributed by atoms with Crippen molar-refractivity contribution < 1.29 is 14.5 Å². The summed E-state index contributed by atoms with van der Waals surface area (Å²) < 4.78 is 0. The van der Waals surface area contributed by atoms with Crippen LogP contribution in [0.2, 0.25) is 0 Å². The highest BCUT2D eigenvalue weighted by Gasteiger charge is 2.35. The molecule has 0 unspecified atom stereocenters. The molecule has 164 valence electrons. The van der Waals surface area contributed by atoms with Gasteiger partial charge in [-0.15, -0.1) is 0 Å². The van der Waals surface area contributed by atoms with Crippen LogP contribution in [-0.2, 0) is 0 Å². The topological polar surface area (TPSA) is 83.8 Å². The first-order valence-electron chi connectivity index (χ1n) is 10.5. The van der Waals surface area contributed by atoms with Crippen molar-refractivity contribution in [2.24, 2.45) is 0 Å². The second-order valence-electron chi connectivity index (χ2n) is 7.61. The zero-order valence-corrected chi connectivity index (χ0v) is 19.2. The van der Waals surface area contributed by atoms with Gasteiger partial charge in [-0.1, -0.05) is 35.3 Å². The summed E-state index contributed by atoms with van der Waals surface area (Å²) in [7, 11) is 0. The van der Waals surface area contributed by atoms with Crippen LogP contribution in [-0.4, -0.2) is 35.2 Å². The zero-order valence-electron chi connectivity index (χ0n) is 17.6. The first-order valence-corrected chi connectivity index (χ1v) is 11.6. The Morgan fingerprint density at radius 2 is 1.66 bits per heavy atom. The van der Waals surface area contributed by atoms with Crippen LogP contribution in [0.25, 0.3) is 10.8 Å². The minimum absolute atomic E-state index is 0.122. The van der Waals surface area contributed by atoms with E-state index in [9.17, 15) is 19.7 Å². The molecule has 0 bridgehead atoms. The predicted molar refractivity (Wildman–Crippen MR) is 129 cm³/mol. The van der Waals surface area contributed by atoms with Crippen LogP contribution in [0.3, 0.4) is 0 Å². The number of alkyl halides is 1. The number of amides is 2. The van der Waals surface area contributed by atoms with Gasteiger partial charge in [0.05, 0.1) is 16.0 Å². The number of nitro groups is 1. The monoisotopic (exact) mass is 495 g/mol. The first-order chi connectivity index (χ1) is 15.5. The number of nitro benzene ring substituents is 1. The third-order valence-corrected chi connectivity index (χ3v) is 6.05. The zero-order chi connectivity index (χ0) is 22.8. The molecule has 3 aromatic rings. The number of carbonyl (C=O) groups is 2. The van der Waals surface area contributed by atoms with Gasteiger partial charge in [-0.05, 0) is 48.9 Å². The largest absolute Gasteiger partial charge is 0.371 e. The number of non-ortho nitro benzene ring substituents is 1. The van der Waals surface area contributed by atoms with Gasteiger partial charge in [-0.3, -0.25) is 19.7 Å². The van der Waals surface area contributed by atoms with Crippen LogP contribution >= 0.6 is 15.9 Å². The van der Waals surface area contributed by atoms with E-state index in [0.29, 0.717) is 16.5 Å². The number of halogens is 1. The lowest BCUT2D eigenvalue weighted by molar-refractivity contribution is -0.383. The standard InChI is InChI=1S/C24H22BrN3O4/c1-2-3-14-26(15-13-25)16-7-9-17(10-8-16)27-23(29)19-6-4-5-18-21(28(31)32)12-11-20(22(18)19)24(27)30/h4-12H,2-3,13-15H2,1H3. The van der Waals surface area contributed by atoms with Gasteiger partial charge in [0.15, 0.2) is 0 Å². The van der Waals surface area contributed by atoms with E-state index in [1.165, 1.54) is 12.1 Å². The van der Waals surface area contributed by atoms with E-state index in [-0.39, 0.29) is 16.8 Å². The maximum atomic E-state index is 13.3. The molecule has 1 aliphatic heterocycles. The third-order valence-electron chi connectivity index (χ3n) is 5.69. The molecule has 4 rings (SSSR count). The van der Waals surface area contributed by atoms with Gasteiger partial charge < -0.3 is 4.90 Å². The molecule has 0 saturated heterocycles. The van der Waals surface area contributed by atoms with Crippen LogP contribution in [0.4, 0.5) is 17.1 Å². The van der Waals surface area contributed by atoms with E-state index in [4.69, 9.17) is 0 Å². The SMILES string of the molecule is CCCCN(CCBr)c1ccc(N2C(=O)c3cccc4c([N+](=O)[O-])ccc(c34)C2=O)cc1. The highest BCUT2D eigenvalue weighted by atomic mass is 79.9. The molecule has 1 heterocycles. The van der Waals surface area contributed by atoms with E-state index in [0.717, 1.165) is 41.8 Å². The molecule has 0 saturated carbocycles. The van der Waals surface area contributed by atoms with Crippen molar-refractivity contribution >= 4 is 55.6 Å². The summed E-state index contributed by atoms with van der Waals surface area (Å²) in [6.07, 6.45) is 2.17. The highest BCUT2D eigenvalue weighted by molar-refractivity contribution is 9.09. The maximum Gasteiger partial charge on any atom is 0.277 e. The summed E-state index contributed by atoms with van der Waals surface area (Å²) in [6, 6.07) is 14.9. The van der Waals surface area contributed by atoms with Crippen molar-refractivity contribution in [1.29, 1.82) is 0 Å². The van der Waals surface area contributed by atoms with Gasteiger partial charge in [-0.25, -0.2) is 4.90 Å². The molecule has 8 heteroatoms. The number of imide groups is 1. The van der Waals surface area contributed by atoms with Gasteiger partial charge in [0.1, 0.15) is 0 Å². The van der Waals surface area contributed by atoms with Gasteiger partial charge in [0.2, 0.25) is 0 Å². The number of benzene rings is 3. The molecule has 0 spiro atoms. The number of carbonyl (C=O) groups excluding carboxylic acids is 2. The quantitative estimate of drug-likeness (QED) is 0.177. The summed E-state index contributed by atoms with van der Waals surface area (Å²) in [5.74, 6) is -0.964. The smallest absolute Gasteiger partial charge is 0.277 e. The number of nitrogens with zero attached hydrogens (tertiary/aromatic N) is 3. The number of anilines is 2. The van der Waals surface area contributed by atoms with Crippen LogP contribution < -0.4 is 9.80 Å². The molecule has 0 atom stereocenters. The van der Waals surface area contributed by atoms with E-state index in [1.807, 2.05) is 12.1 Å². The average Bonchev–Trinajstić information content (AvgIpc) is 2.80. The number of unbranched alkanes of at least 4 members (excludes halogenated alkanes) is 1. The molecule has 32 heavy (non-hydrogen) atoms. The van der Waals surface area contributed by atoms with Crippen molar-refractivity contribution in [2.45, 2.75) is 19.8 Å². The normalized spacial score (nSPS) is 13.0. The average molecular weight is 496 g/mol. The van der Waals surface area contributed by atoms with Gasteiger partial charge in [0, 0.05) is 46.7 Å². The van der Waals surface area contributed by atoms with Crippen LogP contribution in [0.15, 0.2) is 54.6 Å². The van der Waals surface area contributed by atoms with Gasteiger partial charge >= 0.3 is 0 Å². The molecule has 7 nitrogen and oxygen atoms in total. The van der Waals surface area contributed by atoms with E-state index < -0.39 is 16.7 Å². The Bertz CT molecular complexity index is 1190. The lowest BCUT2D eigenvalue weighted by Crippen LogP contribution is -2.40. The van der Waals surface area contributed by atoms with Crippen molar-refractivity contribution in [1.82, 2.24) is 0 Å². The summed E-state index contributed by atoms with van der Waals surface area (Å²) in [6.45, 7) is 3.93. The minimum atomic E-state index is -0.500. The van der Waals surface area contributed by atoms with Gasteiger partial charge in [0.25, 0.3) is 17.5 Å². The van der Waals surface area contributed by atoms with Gasteiger partial charge in [-0.2, -0.15) is 0 Å². The molecule has 0 aromatic heterocycles. The summed E-state index contributed by atoms with van der Waals surface area (Å²) in [5, 5.41) is 12.9. The fourth-order valence-electron chi connectivity index (χ4n) is 4.11. The number of rotatable bonds is 8. The maximum absolute atomic E-state index is 13.3. The Morgan fingerprint density at radius 3 is 2.28 bits per heavy atom. The molecule has 0 radical (unpaired) electrons. The fourth-order valence-corrected chi connectivity index (χ4v) is 4.54. The van der Waals surface area contributed by atoms with Crippen molar-refractivity contribution in [2.75, 3.05) is 28.2 Å². The number of hydrogen-bond acceptors (Lipinski definition) is 5. The van der Waals surface area contributed by atoms with E-state index in [2.05, 4.69) is 27.8 Å². The summed E-state index contributed by atoms with van der Waals surface area (Å²) in [4.78, 5) is 40.9. The molecule has 0 aliphatic carbocycles. The van der Waals surface area contributed by atoms with Crippen molar-refractivity contribution in [3.63, 3.8) is 0 Å². The second kappa shape index (κ2) is 9.08. The molecule has 1 aliphatic rings. The minimum Gasteiger partial charge on any atom is -0.371 e. The molecule has 2 amide bonds. The lowest BCUT2D eigenvalue weighted by Gasteiger charge is -2.28. The van der Waals surface area contributed by atoms with Crippen molar-refractivity contribution in [3.05, 3.63) is 75.8 Å². The Labute approximate surface area is 193 Å². The lowest BCUT2D eigenvalue weighted by atomic mass is 9.92. The van der Waals surface area contributed by atoms with Crippen LogP contribution in [0, 0.1) is 10.1 Å². The fraction of sp³-hybridized carbons (Fsp3) is 0.250.